The number of ether oxygens (including phenoxy) is 3. The lowest BCUT2D eigenvalue weighted by molar-refractivity contribution is -0.137. The van der Waals surface area contributed by atoms with E-state index in [0.29, 0.717) is 64.6 Å². The van der Waals surface area contributed by atoms with Gasteiger partial charge in [0.25, 0.3) is 11.8 Å². The first-order valence-electron chi connectivity index (χ1n) is 14.5. The zero-order chi connectivity index (χ0) is 31.4. The van der Waals surface area contributed by atoms with Gasteiger partial charge in [-0.1, -0.05) is 30.8 Å². The molecule has 2 aliphatic heterocycles. The topological polar surface area (TPSA) is 120 Å². The smallest absolute Gasteiger partial charge is 0.260 e. The molecule has 0 radical (unpaired) electrons. The van der Waals surface area contributed by atoms with Crippen LogP contribution in [-0.4, -0.2) is 77.3 Å². The summed E-state index contributed by atoms with van der Waals surface area (Å²) in [5.74, 6) is 1.83. The summed E-state index contributed by atoms with van der Waals surface area (Å²) in [5, 5.41) is 11.8. The molecule has 2 N–H and O–H groups in total. The molecule has 13 heteroatoms. The summed E-state index contributed by atoms with van der Waals surface area (Å²) in [6.45, 7) is 9.92. The third-order valence-corrected chi connectivity index (χ3v) is 9.27. The Morgan fingerprint density at radius 2 is 1.98 bits per heavy atom. The number of benzene rings is 2. The van der Waals surface area contributed by atoms with Gasteiger partial charge in [-0.2, -0.15) is 4.98 Å². The average molecular weight is 686 g/mol. The monoisotopic (exact) mass is 684 g/mol. The molecule has 5 rings (SSSR count). The van der Waals surface area contributed by atoms with Gasteiger partial charge in [0, 0.05) is 30.2 Å². The number of amides is 2. The van der Waals surface area contributed by atoms with Crippen LogP contribution in [0.1, 0.15) is 43.0 Å². The van der Waals surface area contributed by atoms with Crippen molar-refractivity contribution in [2.45, 2.75) is 45.3 Å². The van der Waals surface area contributed by atoms with Crippen molar-refractivity contribution in [3.05, 3.63) is 62.8 Å². The molecular weight excluding hydrogens is 648 g/mol. The van der Waals surface area contributed by atoms with E-state index in [1.807, 2.05) is 51.1 Å². The molecule has 3 aromatic rings. The molecule has 2 amide bonds. The number of anilines is 2. The second kappa shape index (κ2) is 14.0. The van der Waals surface area contributed by atoms with Crippen LogP contribution < -0.4 is 20.1 Å². The second-order valence-corrected chi connectivity index (χ2v) is 12.5. The van der Waals surface area contributed by atoms with Crippen LogP contribution in [0.25, 0.3) is 0 Å². The van der Waals surface area contributed by atoms with Crippen LogP contribution in [0.5, 0.6) is 11.5 Å². The second-order valence-electron chi connectivity index (χ2n) is 10.6. The van der Waals surface area contributed by atoms with Crippen LogP contribution in [-0.2, 0) is 14.3 Å². The maximum absolute atomic E-state index is 14.1. The first kappa shape index (κ1) is 31.9. The number of nitrogens with one attached hydrogen (secondary N) is 2. The average Bonchev–Trinajstić information content (AvgIpc) is 3.43. The number of morpholine rings is 1. The highest BCUT2D eigenvalue weighted by molar-refractivity contribution is 9.10. The number of fused-ring (bicyclic) bond motifs is 1. The van der Waals surface area contributed by atoms with E-state index < -0.39 is 6.04 Å². The lowest BCUT2D eigenvalue weighted by Crippen LogP contribution is -2.43. The van der Waals surface area contributed by atoms with Crippen molar-refractivity contribution in [3.8, 4) is 11.5 Å². The molecule has 1 fully saturated rings. The number of aromatic nitrogens is 3. The van der Waals surface area contributed by atoms with Crippen molar-refractivity contribution in [1.82, 2.24) is 19.7 Å². The third kappa shape index (κ3) is 6.74. The molecule has 1 aromatic heterocycles. The Hall–Kier alpha value is -3.55. The predicted molar refractivity (Wildman–Crippen MR) is 174 cm³/mol. The maximum Gasteiger partial charge on any atom is 0.260 e. The zero-order valence-corrected chi connectivity index (χ0v) is 27.9. The lowest BCUT2D eigenvalue weighted by atomic mass is 9.94. The minimum absolute atomic E-state index is 0.127. The Balaban J connectivity index is 1.51. The maximum atomic E-state index is 14.1. The number of hydrogen-bond donors (Lipinski definition) is 2. The van der Waals surface area contributed by atoms with E-state index in [2.05, 4.69) is 33.5 Å². The SMILES string of the molecule is CCCSc1nc2n(n1)C(c1cc(Br)c(OCC(=O)N3CCOCC3)c(OC)c1)C(C(=O)Nc1cccc(C)c1C)=C(C)N2. The number of rotatable bonds is 10. The number of carbonyl (C=O) groups excluding carboxylic acids is 2. The van der Waals surface area contributed by atoms with Gasteiger partial charge in [-0.3, -0.25) is 9.59 Å². The van der Waals surface area contributed by atoms with Crippen LogP contribution in [0.3, 0.4) is 0 Å². The zero-order valence-electron chi connectivity index (χ0n) is 25.5. The molecule has 44 heavy (non-hydrogen) atoms. The predicted octanol–water partition coefficient (Wildman–Crippen LogP) is 5.33. The molecule has 3 heterocycles. The number of halogens is 1. The van der Waals surface area contributed by atoms with Crippen molar-refractivity contribution >= 4 is 51.1 Å². The number of nitrogens with zero attached hydrogens (tertiary/aromatic N) is 4. The van der Waals surface area contributed by atoms with Crippen LogP contribution in [0.15, 0.2) is 51.2 Å². The fraction of sp³-hybridized carbons (Fsp3) is 0.419. The highest BCUT2D eigenvalue weighted by Gasteiger charge is 2.36. The van der Waals surface area contributed by atoms with Gasteiger partial charge in [0.15, 0.2) is 18.1 Å². The van der Waals surface area contributed by atoms with Crippen molar-refractivity contribution < 1.29 is 23.8 Å². The van der Waals surface area contributed by atoms with Crippen LogP contribution >= 0.6 is 27.7 Å². The van der Waals surface area contributed by atoms with Crippen LogP contribution in [0.2, 0.25) is 0 Å². The van der Waals surface area contributed by atoms with E-state index in [1.165, 1.54) is 0 Å². The Morgan fingerprint density at radius 1 is 1.20 bits per heavy atom. The molecule has 0 bridgehead atoms. The van der Waals surface area contributed by atoms with E-state index in [4.69, 9.17) is 24.3 Å². The number of carbonyl (C=O) groups is 2. The molecule has 0 aliphatic carbocycles. The standard InChI is InChI=1S/C31H37BrN6O5S/c1-6-14-44-31-35-30-33-20(4)26(29(40)34-23-9-7-8-18(2)19(23)3)27(38(30)36-31)21-15-22(32)28(24(16-21)41-5)43-17-25(39)37-10-12-42-13-11-37/h7-9,15-16,27H,6,10-14,17H2,1-5H3,(H,34,40)(H,33,35,36). The number of allylic oxidation sites excluding steroid dienone is 1. The fourth-order valence-electron chi connectivity index (χ4n) is 5.14. The molecule has 1 atom stereocenters. The molecule has 0 saturated carbocycles. The molecule has 234 valence electrons. The Kier molecular flexibility index (Phi) is 10.2. The van der Waals surface area contributed by atoms with Gasteiger partial charge < -0.3 is 29.7 Å². The Morgan fingerprint density at radius 3 is 2.70 bits per heavy atom. The first-order chi connectivity index (χ1) is 21.2. The molecule has 1 unspecified atom stereocenters. The van der Waals surface area contributed by atoms with E-state index in [1.54, 1.807) is 28.5 Å². The molecule has 0 spiro atoms. The minimum atomic E-state index is -0.630. The minimum Gasteiger partial charge on any atom is -0.493 e. The van der Waals surface area contributed by atoms with Gasteiger partial charge in [0.1, 0.15) is 6.04 Å². The summed E-state index contributed by atoms with van der Waals surface area (Å²) in [4.78, 5) is 33.3. The van der Waals surface area contributed by atoms with Crippen molar-refractivity contribution in [1.29, 1.82) is 0 Å². The summed E-state index contributed by atoms with van der Waals surface area (Å²) in [7, 11) is 1.54. The van der Waals surface area contributed by atoms with Gasteiger partial charge >= 0.3 is 0 Å². The van der Waals surface area contributed by atoms with Crippen molar-refractivity contribution in [2.24, 2.45) is 0 Å². The largest absolute Gasteiger partial charge is 0.493 e. The summed E-state index contributed by atoms with van der Waals surface area (Å²) < 4.78 is 19.4. The quantitative estimate of drug-likeness (QED) is 0.273. The highest BCUT2D eigenvalue weighted by atomic mass is 79.9. The van der Waals surface area contributed by atoms with Crippen molar-refractivity contribution in [2.75, 3.05) is 56.4 Å². The molecule has 2 aromatic carbocycles. The number of thioether (sulfide) groups is 1. The summed E-state index contributed by atoms with van der Waals surface area (Å²) >= 11 is 5.21. The summed E-state index contributed by atoms with van der Waals surface area (Å²) in [5.41, 5.74) is 4.70. The highest BCUT2D eigenvalue weighted by Crippen LogP contribution is 2.43. The molecule has 11 nitrogen and oxygen atoms in total. The first-order valence-corrected chi connectivity index (χ1v) is 16.3. The van der Waals surface area contributed by atoms with E-state index >= 15 is 0 Å². The van der Waals surface area contributed by atoms with E-state index in [-0.39, 0.29) is 18.4 Å². The van der Waals surface area contributed by atoms with Crippen LogP contribution in [0.4, 0.5) is 11.6 Å². The Labute approximate surface area is 269 Å². The molecule has 1 saturated heterocycles. The summed E-state index contributed by atoms with van der Waals surface area (Å²) in [6.07, 6.45) is 0.978. The van der Waals surface area contributed by atoms with Gasteiger partial charge in [0.2, 0.25) is 11.1 Å². The molecule has 2 aliphatic rings. The van der Waals surface area contributed by atoms with Crippen molar-refractivity contribution in [3.63, 3.8) is 0 Å². The van der Waals surface area contributed by atoms with E-state index in [0.717, 1.165) is 34.6 Å². The Bertz CT molecular complexity index is 1590. The number of aryl methyl sites for hydroxylation is 1. The van der Waals surface area contributed by atoms with Gasteiger partial charge in [-0.15, -0.1) is 5.10 Å². The van der Waals surface area contributed by atoms with E-state index in [9.17, 15) is 9.59 Å². The molecular formula is C31H37BrN6O5S. The summed E-state index contributed by atoms with van der Waals surface area (Å²) in [6, 6.07) is 8.89. The third-order valence-electron chi connectivity index (χ3n) is 7.64. The van der Waals surface area contributed by atoms with Crippen LogP contribution in [0, 0.1) is 13.8 Å². The lowest BCUT2D eigenvalue weighted by Gasteiger charge is -2.29. The normalized spacial score (nSPS) is 16.3. The van der Waals surface area contributed by atoms with Gasteiger partial charge in [0.05, 0.1) is 30.4 Å². The fourth-order valence-corrected chi connectivity index (χ4v) is 6.40. The number of methoxy groups -OCH3 is 1. The van der Waals surface area contributed by atoms with Gasteiger partial charge in [-0.25, -0.2) is 4.68 Å². The number of hydrogen-bond acceptors (Lipinski definition) is 9. The van der Waals surface area contributed by atoms with Gasteiger partial charge in [-0.05, 0) is 78.0 Å².